The van der Waals surface area contributed by atoms with E-state index in [-0.39, 0.29) is 17.9 Å². The molecule has 0 aromatic carbocycles. The Labute approximate surface area is 134 Å². The zero-order valence-corrected chi connectivity index (χ0v) is 13.3. The summed E-state index contributed by atoms with van der Waals surface area (Å²) >= 11 is 0. The normalized spacial score (nSPS) is 22.3. The zero-order chi connectivity index (χ0) is 16.2. The summed E-state index contributed by atoms with van der Waals surface area (Å²) in [6.45, 7) is 6.41. The number of amides is 2. The number of rotatable bonds is 4. The molecule has 1 aromatic rings. The number of nitrogens with zero attached hydrogens (tertiary/aromatic N) is 3. The van der Waals surface area contributed by atoms with E-state index in [1.807, 2.05) is 0 Å². The highest BCUT2D eigenvalue weighted by Crippen LogP contribution is 2.15. The van der Waals surface area contributed by atoms with Crippen molar-refractivity contribution in [3.8, 4) is 0 Å². The Bertz CT molecular complexity index is 568. The van der Waals surface area contributed by atoms with E-state index < -0.39 is 0 Å². The minimum atomic E-state index is -0.144. The van der Waals surface area contributed by atoms with Gasteiger partial charge in [-0.3, -0.25) is 14.5 Å². The van der Waals surface area contributed by atoms with Crippen LogP contribution in [-0.2, 0) is 16.1 Å². The van der Waals surface area contributed by atoms with Crippen LogP contribution in [-0.4, -0.2) is 72.2 Å². The van der Waals surface area contributed by atoms with Crippen molar-refractivity contribution in [2.24, 2.45) is 0 Å². The lowest BCUT2D eigenvalue weighted by molar-refractivity contribution is -0.119. The third-order valence-corrected chi connectivity index (χ3v) is 4.14. The van der Waals surface area contributed by atoms with Crippen molar-refractivity contribution < 1.29 is 18.8 Å². The molecular weight excluding hydrogens is 300 g/mol. The maximum Gasteiger partial charge on any atom is 0.276 e. The third-order valence-electron chi connectivity index (χ3n) is 4.14. The van der Waals surface area contributed by atoms with E-state index in [4.69, 9.17) is 9.26 Å². The van der Waals surface area contributed by atoms with Crippen LogP contribution in [0.15, 0.2) is 10.6 Å². The first-order valence-corrected chi connectivity index (χ1v) is 7.94. The van der Waals surface area contributed by atoms with Gasteiger partial charge in [0.25, 0.3) is 5.91 Å². The molecule has 23 heavy (non-hydrogen) atoms. The number of carbonyl (C=O) groups is 2. The second-order valence-electron chi connectivity index (χ2n) is 6.00. The first-order chi connectivity index (χ1) is 11.1. The SMILES string of the molecule is CC(=O)NC1CCN(C(=O)c2cc(CN3CCOCC3)on2)C1. The molecule has 8 nitrogen and oxygen atoms in total. The molecule has 8 heteroatoms. The van der Waals surface area contributed by atoms with Gasteiger partial charge in [-0.05, 0) is 6.42 Å². The van der Waals surface area contributed by atoms with Crippen molar-refractivity contribution in [3.05, 3.63) is 17.5 Å². The Morgan fingerprint density at radius 1 is 1.35 bits per heavy atom. The van der Waals surface area contributed by atoms with Crippen molar-refractivity contribution in [3.63, 3.8) is 0 Å². The molecule has 0 spiro atoms. The van der Waals surface area contributed by atoms with Gasteiger partial charge in [-0.1, -0.05) is 5.16 Å². The van der Waals surface area contributed by atoms with Crippen molar-refractivity contribution in [2.45, 2.75) is 25.9 Å². The van der Waals surface area contributed by atoms with Crippen LogP contribution in [0.4, 0.5) is 0 Å². The lowest BCUT2D eigenvalue weighted by Gasteiger charge is -2.25. The largest absolute Gasteiger partial charge is 0.379 e. The fraction of sp³-hybridized carbons (Fsp3) is 0.667. The molecule has 3 rings (SSSR count). The monoisotopic (exact) mass is 322 g/mol. The highest BCUT2D eigenvalue weighted by molar-refractivity contribution is 5.92. The lowest BCUT2D eigenvalue weighted by atomic mass is 10.2. The van der Waals surface area contributed by atoms with Crippen LogP contribution in [0.25, 0.3) is 0 Å². The Morgan fingerprint density at radius 3 is 2.87 bits per heavy atom. The average Bonchev–Trinajstić information content (AvgIpc) is 3.17. The molecule has 2 amide bonds. The predicted octanol–water partition coefficient (Wildman–Crippen LogP) is -0.143. The van der Waals surface area contributed by atoms with Gasteiger partial charge in [0.1, 0.15) is 0 Å². The number of hydrogen-bond acceptors (Lipinski definition) is 6. The zero-order valence-electron chi connectivity index (χ0n) is 13.3. The maximum atomic E-state index is 12.4. The third kappa shape index (κ3) is 4.08. The molecule has 2 fully saturated rings. The first-order valence-electron chi connectivity index (χ1n) is 7.94. The number of morpholine rings is 1. The summed E-state index contributed by atoms with van der Waals surface area (Å²) in [6, 6.07) is 1.74. The van der Waals surface area contributed by atoms with Crippen molar-refractivity contribution in [1.29, 1.82) is 0 Å². The molecule has 1 atom stereocenters. The van der Waals surface area contributed by atoms with E-state index in [0.29, 0.717) is 31.1 Å². The van der Waals surface area contributed by atoms with Crippen LogP contribution in [0.2, 0.25) is 0 Å². The van der Waals surface area contributed by atoms with E-state index in [1.54, 1.807) is 11.0 Å². The number of aromatic nitrogens is 1. The molecule has 1 N–H and O–H groups in total. The van der Waals surface area contributed by atoms with E-state index in [9.17, 15) is 9.59 Å². The predicted molar refractivity (Wildman–Crippen MR) is 80.7 cm³/mol. The van der Waals surface area contributed by atoms with Gasteiger partial charge in [-0.15, -0.1) is 0 Å². The molecule has 3 heterocycles. The van der Waals surface area contributed by atoms with E-state index in [2.05, 4.69) is 15.4 Å². The second-order valence-corrected chi connectivity index (χ2v) is 6.00. The minimum Gasteiger partial charge on any atom is -0.379 e. The second kappa shape index (κ2) is 7.10. The summed E-state index contributed by atoms with van der Waals surface area (Å²) in [5.74, 6) is 0.473. The highest BCUT2D eigenvalue weighted by atomic mass is 16.5. The molecule has 1 unspecified atom stereocenters. The fourth-order valence-electron chi connectivity index (χ4n) is 2.98. The number of likely N-dealkylation sites (tertiary alicyclic amines) is 1. The molecule has 2 saturated heterocycles. The van der Waals surface area contributed by atoms with Crippen molar-refractivity contribution in [1.82, 2.24) is 20.3 Å². The molecule has 2 aliphatic rings. The van der Waals surface area contributed by atoms with Gasteiger partial charge in [0.15, 0.2) is 11.5 Å². The van der Waals surface area contributed by atoms with Crippen molar-refractivity contribution in [2.75, 3.05) is 39.4 Å². The van der Waals surface area contributed by atoms with Crippen LogP contribution in [0, 0.1) is 0 Å². The fourth-order valence-corrected chi connectivity index (χ4v) is 2.98. The summed E-state index contributed by atoms with van der Waals surface area (Å²) < 4.78 is 10.6. The molecule has 2 aliphatic heterocycles. The van der Waals surface area contributed by atoms with Crippen LogP contribution < -0.4 is 5.32 Å². The van der Waals surface area contributed by atoms with Crippen LogP contribution >= 0.6 is 0 Å². The summed E-state index contributed by atoms with van der Waals surface area (Å²) in [5.41, 5.74) is 0.330. The van der Waals surface area contributed by atoms with Gasteiger partial charge in [0.2, 0.25) is 5.91 Å². The lowest BCUT2D eigenvalue weighted by Crippen LogP contribution is -2.37. The van der Waals surface area contributed by atoms with Crippen LogP contribution in [0.1, 0.15) is 29.6 Å². The van der Waals surface area contributed by atoms with Gasteiger partial charge in [0, 0.05) is 45.2 Å². The number of carbonyl (C=O) groups excluding carboxylic acids is 2. The molecule has 0 saturated carbocycles. The van der Waals surface area contributed by atoms with E-state index in [1.165, 1.54) is 6.92 Å². The average molecular weight is 322 g/mol. The molecule has 1 aromatic heterocycles. The van der Waals surface area contributed by atoms with Crippen molar-refractivity contribution >= 4 is 11.8 Å². The Hall–Kier alpha value is -1.93. The molecule has 0 radical (unpaired) electrons. The maximum absolute atomic E-state index is 12.4. The summed E-state index contributed by atoms with van der Waals surface area (Å²) in [6.07, 6.45) is 0.768. The Balaban J connectivity index is 1.55. The smallest absolute Gasteiger partial charge is 0.276 e. The minimum absolute atomic E-state index is 0.0242. The van der Waals surface area contributed by atoms with Gasteiger partial charge in [-0.25, -0.2) is 0 Å². The number of hydrogen-bond donors (Lipinski definition) is 1. The Kier molecular flexibility index (Phi) is 4.92. The van der Waals surface area contributed by atoms with E-state index >= 15 is 0 Å². The molecule has 0 aliphatic carbocycles. The van der Waals surface area contributed by atoms with Gasteiger partial charge < -0.3 is 19.5 Å². The quantitative estimate of drug-likeness (QED) is 0.830. The Morgan fingerprint density at radius 2 is 2.13 bits per heavy atom. The number of nitrogens with one attached hydrogen (secondary N) is 1. The highest BCUT2D eigenvalue weighted by Gasteiger charge is 2.29. The topological polar surface area (TPSA) is 87.9 Å². The van der Waals surface area contributed by atoms with Gasteiger partial charge >= 0.3 is 0 Å². The van der Waals surface area contributed by atoms with Gasteiger partial charge in [-0.2, -0.15) is 0 Å². The summed E-state index contributed by atoms with van der Waals surface area (Å²) in [4.78, 5) is 27.4. The summed E-state index contributed by atoms with van der Waals surface area (Å²) in [5, 5.41) is 6.74. The van der Waals surface area contributed by atoms with Crippen LogP contribution in [0.3, 0.4) is 0 Å². The van der Waals surface area contributed by atoms with Gasteiger partial charge in [0.05, 0.1) is 19.8 Å². The summed E-state index contributed by atoms with van der Waals surface area (Å²) in [7, 11) is 0. The first kappa shape index (κ1) is 15.9. The molecule has 0 bridgehead atoms. The number of ether oxygens (including phenoxy) is 1. The standard InChI is InChI=1S/C15H22N4O4/c1-11(20)16-12-2-3-19(9-12)15(21)14-8-13(23-17-14)10-18-4-6-22-7-5-18/h8,12H,2-7,9-10H2,1H3,(H,16,20). The van der Waals surface area contributed by atoms with Crippen LogP contribution in [0.5, 0.6) is 0 Å². The molecule has 126 valence electrons. The molecular formula is C15H22N4O4. The van der Waals surface area contributed by atoms with E-state index in [0.717, 1.165) is 32.7 Å².